The molecule has 0 radical (unpaired) electrons. The van der Waals surface area contributed by atoms with Crippen molar-refractivity contribution in [3.63, 3.8) is 0 Å². The number of hydrogen-bond acceptors (Lipinski definition) is 4. The average Bonchev–Trinajstić information content (AvgIpc) is 3.12. The van der Waals surface area contributed by atoms with Gasteiger partial charge in [-0.2, -0.15) is 5.26 Å². The van der Waals surface area contributed by atoms with E-state index in [1.807, 2.05) is 37.3 Å². The molecule has 27 heavy (non-hydrogen) atoms. The smallest absolute Gasteiger partial charge is 0.262 e. The number of rotatable bonds is 5. The van der Waals surface area contributed by atoms with Crippen LogP contribution in [0.5, 0.6) is 11.5 Å². The molecular weight excluding hydrogens is 364 g/mol. The van der Waals surface area contributed by atoms with Gasteiger partial charge in [-0.25, -0.2) is 0 Å². The minimum absolute atomic E-state index is 0.0345. The van der Waals surface area contributed by atoms with Crippen LogP contribution in [0.2, 0.25) is 5.02 Å². The van der Waals surface area contributed by atoms with Gasteiger partial charge in [0, 0.05) is 6.07 Å². The van der Waals surface area contributed by atoms with Crippen molar-refractivity contribution in [2.75, 3.05) is 6.79 Å². The Balaban J connectivity index is 1.77. The number of fused-ring (bicyclic) bond motifs is 1. The number of benzene rings is 2. The zero-order valence-electron chi connectivity index (χ0n) is 15.1. The van der Waals surface area contributed by atoms with E-state index in [4.69, 9.17) is 21.1 Å². The summed E-state index contributed by atoms with van der Waals surface area (Å²) in [4.78, 5) is 12.5. The molecule has 1 aliphatic heterocycles. The molecule has 1 atom stereocenters. The normalized spacial score (nSPS) is 13.8. The van der Waals surface area contributed by atoms with Crippen LogP contribution in [-0.2, 0) is 11.2 Å². The Morgan fingerprint density at radius 1 is 1.30 bits per heavy atom. The van der Waals surface area contributed by atoms with Crippen LogP contribution in [0.25, 0.3) is 6.08 Å². The molecule has 0 saturated heterocycles. The van der Waals surface area contributed by atoms with E-state index in [2.05, 4.69) is 12.2 Å². The molecule has 0 fully saturated rings. The van der Waals surface area contributed by atoms with Crippen molar-refractivity contribution >= 4 is 23.6 Å². The van der Waals surface area contributed by atoms with Gasteiger partial charge < -0.3 is 14.8 Å². The minimum Gasteiger partial charge on any atom is -0.454 e. The van der Waals surface area contributed by atoms with Gasteiger partial charge in [0.05, 0.1) is 11.1 Å². The predicted molar refractivity (Wildman–Crippen MR) is 104 cm³/mol. The Kier molecular flexibility index (Phi) is 5.68. The van der Waals surface area contributed by atoms with Crippen LogP contribution in [0, 0.1) is 11.3 Å². The maximum absolute atomic E-state index is 12.5. The number of aryl methyl sites for hydroxylation is 1. The first-order valence-corrected chi connectivity index (χ1v) is 9.00. The third-order valence-electron chi connectivity index (χ3n) is 4.39. The molecule has 0 aromatic heterocycles. The summed E-state index contributed by atoms with van der Waals surface area (Å²) in [6, 6.07) is 13.0. The highest BCUT2D eigenvalue weighted by Gasteiger charge is 2.18. The summed E-state index contributed by atoms with van der Waals surface area (Å²) in [6.45, 7) is 4.09. The Morgan fingerprint density at radius 3 is 2.59 bits per heavy atom. The van der Waals surface area contributed by atoms with Crippen LogP contribution < -0.4 is 14.8 Å². The average molecular weight is 383 g/mol. The minimum atomic E-state index is -0.460. The lowest BCUT2D eigenvalue weighted by Gasteiger charge is -2.14. The van der Waals surface area contributed by atoms with Crippen molar-refractivity contribution in [1.29, 1.82) is 5.26 Å². The van der Waals surface area contributed by atoms with Crippen molar-refractivity contribution in [3.05, 3.63) is 63.7 Å². The van der Waals surface area contributed by atoms with Crippen LogP contribution in [-0.4, -0.2) is 12.7 Å². The van der Waals surface area contributed by atoms with E-state index in [0.29, 0.717) is 22.1 Å². The number of nitrogens with zero attached hydrogens (tertiary/aromatic N) is 1. The molecule has 0 unspecified atom stereocenters. The van der Waals surface area contributed by atoms with Gasteiger partial charge in [-0.3, -0.25) is 4.79 Å². The Hall–Kier alpha value is -2.97. The zero-order valence-corrected chi connectivity index (χ0v) is 15.8. The molecule has 2 aromatic rings. The molecule has 1 heterocycles. The molecule has 0 aliphatic carbocycles. The summed E-state index contributed by atoms with van der Waals surface area (Å²) in [6.07, 6.45) is 2.41. The van der Waals surface area contributed by atoms with Crippen LogP contribution in [0.1, 0.15) is 36.6 Å². The molecular formula is C21H19ClN2O3. The molecule has 6 heteroatoms. The number of amides is 1. The van der Waals surface area contributed by atoms with E-state index in [-0.39, 0.29) is 18.4 Å². The van der Waals surface area contributed by atoms with Gasteiger partial charge in [-0.15, -0.1) is 0 Å². The van der Waals surface area contributed by atoms with Crippen LogP contribution in [0.4, 0.5) is 0 Å². The maximum atomic E-state index is 12.5. The highest BCUT2D eigenvalue weighted by molar-refractivity contribution is 6.32. The lowest BCUT2D eigenvalue weighted by atomic mass is 10.0. The zero-order chi connectivity index (χ0) is 19.4. The van der Waals surface area contributed by atoms with E-state index in [1.165, 1.54) is 11.6 Å². The van der Waals surface area contributed by atoms with Gasteiger partial charge >= 0.3 is 0 Å². The number of hydrogen-bond donors (Lipinski definition) is 1. The summed E-state index contributed by atoms with van der Waals surface area (Å²) in [5.74, 6) is 0.621. The quantitative estimate of drug-likeness (QED) is 0.614. The van der Waals surface area contributed by atoms with E-state index in [1.54, 1.807) is 12.1 Å². The van der Waals surface area contributed by atoms with E-state index >= 15 is 0 Å². The summed E-state index contributed by atoms with van der Waals surface area (Å²) in [5.41, 5.74) is 2.69. The number of ether oxygens (including phenoxy) is 2. The van der Waals surface area contributed by atoms with Crippen molar-refractivity contribution < 1.29 is 14.3 Å². The summed E-state index contributed by atoms with van der Waals surface area (Å²) in [7, 11) is 0. The summed E-state index contributed by atoms with van der Waals surface area (Å²) < 4.78 is 10.6. The summed E-state index contributed by atoms with van der Waals surface area (Å²) >= 11 is 6.22. The maximum Gasteiger partial charge on any atom is 0.262 e. The first-order chi connectivity index (χ1) is 13.0. The van der Waals surface area contributed by atoms with Gasteiger partial charge in [-0.05, 0) is 42.2 Å². The first kappa shape index (κ1) is 18.8. The lowest BCUT2D eigenvalue weighted by Crippen LogP contribution is -2.27. The standard InChI is InChI=1S/C21H19ClN2O3/c1-3-14-4-6-15(7-5-14)13(2)24-21(25)17(11-23)8-16-9-19-20(10-18(16)22)27-12-26-19/h4-10,13H,3,12H2,1-2H3,(H,24,25)/b17-8+/t13-/m1/s1. The first-order valence-electron chi connectivity index (χ1n) is 8.62. The molecule has 1 aliphatic rings. The molecule has 3 rings (SSSR count). The largest absolute Gasteiger partial charge is 0.454 e. The molecule has 138 valence electrons. The highest BCUT2D eigenvalue weighted by Crippen LogP contribution is 2.37. The summed E-state index contributed by atoms with van der Waals surface area (Å²) in [5, 5.41) is 12.6. The van der Waals surface area contributed by atoms with Gasteiger partial charge in [0.2, 0.25) is 6.79 Å². The molecule has 0 bridgehead atoms. The highest BCUT2D eigenvalue weighted by atomic mass is 35.5. The second-order valence-corrected chi connectivity index (χ2v) is 6.59. The fraction of sp³-hybridized carbons (Fsp3) is 0.238. The fourth-order valence-corrected chi connectivity index (χ4v) is 2.96. The van der Waals surface area contributed by atoms with Gasteiger partial charge in [0.25, 0.3) is 5.91 Å². The second kappa shape index (κ2) is 8.15. The van der Waals surface area contributed by atoms with Gasteiger partial charge in [0.15, 0.2) is 11.5 Å². The van der Waals surface area contributed by atoms with E-state index in [9.17, 15) is 10.1 Å². The molecule has 0 saturated carbocycles. The van der Waals surface area contributed by atoms with E-state index < -0.39 is 5.91 Å². The molecule has 1 amide bonds. The molecule has 2 aromatic carbocycles. The second-order valence-electron chi connectivity index (χ2n) is 6.19. The van der Waals surface area contributed by atoms with Crippen molar-refractivity contribution in [3.8, 4) is 17.6 Å². The van der Waals surface area contributed by atoms with E-state index in [0.717, 1.165) is 12.0 Å². The van der Waals surface area contributed by atoms with Crippen LogP contribution >= 0.6 is 11.6 Å². The number of nitrogens with one attached hydrogen (secondary N) is 1. The third kappa shape index (κ3) is 4.24. The number of carbonyl (C=O) groups is 1. The van der Waals surface area contributed by atoms with Crippen molar-refractivity contribution in [1.82, 2.24) is 5.32 Å². The van der Waals surface area contributed by atoms with Crippen LogP contribution in [0.15, 0.2) is 42.0 Å². The Bertz CT molecular complexity index is 930. The van der Waals surface area contributed by atoms with Crippen molar-refractivity contribution in [2.24, 2.45) is 0 Å². The van der Waals surface area contributed by atoms with Gasteiger partial charge in [0.1, 0.15) is 11.6 Å². The fourth-order valence-electron chi connectivity index (χ4n) is 2.75. The number of nitriles is 1. The van der Waals surface area contributed by atoms with Crippen LogP contribution in [0.3, 0.4) is 0 Å². The molecule has 0 spiro atoms. The Morgan fingerprint density at radius 2 is 1.96 bits per heavy atom. The third-order valence-corrected chi connectivity index (χ3v) is 4.72. The topological polar surface area (TPSA) is 71.4 Å². The lowest BCUT2D eigenvalue weighted by molar-refractivity contribution is -0.117. The molecule has 1 N–H and O–H groups in total. The Labute approximate surface area is 163 Å². The molecule has 5 nitrogen and oxygen atoms in total. The SMILES string of the molecule is CCc1ccc([C@@H](C)NC(=O)/C(C#N)=C/c2cc3c(cc2Cl)OCO3)cc1. The number of halogens is 1. The predicted octanol–water partition coefficient (Wildman–Crippen LogP) is 4.42. The van der Waals surface area contributed by atoms with Gasteiger partial charge in [-0.1, -0.05) is 42.8 Å². The monoisotopic (exact) mass is 382 g/mol. The van der Waals surface area contributed by atoms with Crippen molar-refractivity contribution in [2.45, 2.75) is 26.3 Å². The number of carbonyl (C=O) groups excluding carboxylic acids is 1.